The van der Waals surface area contributed by atoms with Crippen LogP contribution in [0.4, 0.5) is 18.3 Å². The molecule has 3 aromatic rings. The number of hydrogen-bond donors (Lipinski definition) is 1. The highest BCUT2D eigenvalue weighted by molar-refractivity contribution is 7.15. The number of rotatable bonds is 6. The summed E-state index contributed by atoms with van der Waals surface area (Å²) in [6.07, 6.45) is -2.53. The Hall–Kier alpha value is -2.87. The van der Waals surface area contributed by atoms with Gasteiger partial charge >= 0.3 is 6.18 Å². The lowest BCUT2D eigenvalue weighted by molar-refractivity contribution is -0.137. The van der Waals surface area contributed by atoms with E-state index in [2.05, 4.69) is 10.3 Å². The molecule has 146 valence electrons. The summed E-state index contributed by atoms with van der Waals surface area (Å²) in [6, 6.07) is 12.5. The molecule has 0 bridgehead atoms. The van der Waals surface area contributed by atoms with E-state index in [1.807, 2.05) is 25.1 Å². The molecule has 4 nitrogen and oxygen atoms in total. The van der Waals surface area contributed by atoms with E-state index in [0.29, 0.717) is 22.9 Å². The van der Waals surface area contributed by atoms with Crippen LogP contribution in [-0.4, -0.2) is 17.5 Å². The number of nitrogens with zero attached hydrogens (tertiary/aromatic N) is 1. The molecular weight excluding hydrogens is 389 g/mol. The Morgan fingerprint density at radius 3 is 2.71 bits per heavy atom. The number of benzene rings is 2. The van der Waals surface area contributed by atoms with Gasteiger partial charge in [0.05, 0.1) is 5.56 Å². The number of nitrogens with one attached hydrogen (secondary N) is 1. The van der Waals surface area contributed by atoms with E-state index in [0.717, 1.165) is 22.6 Å². The average Bonchev–Trinajstić information content (AvgIpc) is 3.07. The predicted octanol–water partition coefficient (Wildman–Crippen LogP) is 5.08. The summed E-state index contributed by atoms with van der Waals surface area (Å²) in [7, 11) is 0. The first-order chi connectivity index (χ1) is 13.3. The van der Waals surface area contributed by atoms with Crippen LogP contribution in [-0.2, 0) is 17.4 Å². The number of aromatic nitrogens is 1. The molecule has 1 heterocycles. The first-order valence-electron chi connectivity index (χ1n) is 8.40. The highest BCUT2D eigenvalue weighted by Crippen LogP contribution is 2.30. The van der Waals surface area contributed by atoms with Crippen molar-refractivity contribution >= 4 is 22.4 Å². The molecule has 0 aliphatic heterocycles. The number of hydrogen-bond acceptors (Lipinski definition) is 4. The maximum atomic E-state index is 12.8. The fraction of sp³-hybridized carbons (Fsp3) is 0.200. The van der Waals surface area contributed by atoms with Gasteiger partial charge in [0.25, 0.3) is 5.91 Å². The fourth-order valence-electron chi connectivity index (χ4n) is 2.52. The highest BCUT2D eigenvalue weighted by atomic mass is 32.1. The van der Waals surface area contributed by atoms with E-state index in [4.69, 9.17) is 4.74 Å². The first kappa shape index (κ1) is 19.9. The zero-order valence-electron chi connectivity index (χ0n) is 14.9. The van der Waals surface area contributed by atoms with Gasteiger partial charge < -0.3 is 4.74 Å². The lowest BCUT2D eigenvalue weighted by atomic mass is 10.1. The number of para-hydroxylation sites is 1. The molecule has 0 unspecified atom stereocenters. The maximum absolute atomic E-state index is 12.8. The summed E-state index contributed by atoms with van der Waals surface area (Å²) in [5.41, 5.74) is 0.767. The van der Waals surface area contributed by atoms with E-state index in [-0.39, 0.29) is 12.5 Å². The van der Waals surface area contributed by atoms with Gasteiger partial charge in [-0.25, -0.2) is 4.98 Å². The minimum Gasteiger partial charge on any atom is -0.483 e. The second-order valence-corrected chi connectivity index (χ2v) is 7.22. The molecule has 1 N–H and O–H groups in total. The van der Waals surface area contributed by atoms with Gasteiger partial charge in [0, 0.05) is 17.5 Å². The van der Waals surface area contributed by atoms with E-state index in [1.165, 1.54) is 17.4 Å². The van der Waals surface area contributed by atoms with Crippen molar-refractivity contribution in [3.05, 3.63) is 76.3 Å². The van der Waals surface area contributed by atoms with Gasteiger partial charge in [-0.15, -0.1) is 11.3 Å². The second kappa shape index (κ2) is 8.43. The third kappa shape index (κ3) is 5.32. The van der Waals surface area contributed by atoms with E-state index in [1.54, 1.807) is 18.3 Å². The van der Waals surface area contributed by atoms with Gasteiger partial charge in [-0.05, 0) is 30.2 Å². The Labute approximate surface area is 164 Å². The summed E-state index contributed by atoms with van der Waals surface area (Å²) in [5, 5.41) is 3.01. The molecule has 0 aliphatic carbocycles. The topological polar surface area (TPSA) is 51.2 Å². The first-order valence-corrected chi connectivity index (χ1v) is 9.22. The molecule has 2 aromatic carbocycles. The van der Waals surface area contributed by atoms with Crippen LogP contribution in [0.5, 0.6) is 5.75 Å². The molecule has 0 saturated heterocycles. The molecule has 0 atom stereocenters. The van der Waals surface area contributed by atoms with Crippen molar-refractivity contribution in [1.29, 1.82) is 0 Å². The van der Waals surface area contributed by atoms with Crippen LogP contribution >= 0.6 is 11.3 Å². The minimum atomic E-state index is -4.38. The summed E-state index contributed by atoms with van der Waals surface area (Å²) >= 11 is 1.21. The van der Waals surface area contributed by atoms with Crippen molar-refractivity contribution in [2.24, 2.45) is 0 Å². The Balaban J connectivity index is 1.57. The molecule has 8 heteroatoms. The monoisotopic (exact) mass is 406 g/mol. The molecule has 1 amide bonds. The zero-order valence-corrected chi connectivity index (χ0v) is 15.7. The SMILES string of the molecule is Cc1ccccc1OCC(=O)Nc1ncc(Cc2cccc(C(F)(F)F)c2)s1. The van der Waals surface area contributed by atoms with E-state index < -0.39 is 11.7 Å². The number of anilines is 1. The molecule has 0 aliphatic rings. The molecule has 1 aromatic heterocycles. The number of amides is 1. The molecular formula is C20H17F3N2O2S. The Morgan fingerprint density at radius 1 is 1.18 bits per heavy atom. The molecule has 0 radical (unpaired) electrons. The van der Waals surface area contributed by atoms with E-state index >= 15 is 0 Å². The Bertz CT molecular complexity index is 970. The molecule has 28 heavy (non-hydrogen) atoms. The predicted molar refractivity (Wildman–Crippen MR) is 102 cm³/mol. The van der Waals surface area contributed by atoms with Gasteiger partial charge in [0.15, 0.2) is 11.7 Å². The maximum Gasteiger partial charge on any atom is 0.416 e. The summed E-state index contributed by atoms with van der Waals surface area (Å²) in [4.78, 5) is 16.9. The third-order valence-electron chi connectivity index (χ3n) is 3.88. The van der Waals surface area contributed by atoms with Gasteiger partial charge in [-0.3, -0.25) is 10.1 Å². The van der Waals surface area contributed by atoms with Gasteiger partial charge in [-0.1, -0.05) is 36.4 Å². The van der Waals surface area contributed by atoms with Crippen LogP contribution < -0.4 is 10.1 Å². The molecule has 0 fully saturated rings. The number of carbonyl (C=O) groups excluding carboxylic acids is 1. The number of thiazole rings is 1. The quantitative estimate of drug-likeness (QED) is 0.621. The lowest BCUT2D eigenvalue weighted by Crippen LogP contribution is -2.20. The number of ether oxygens (including phenoxy) is 1. The number of carbonyl (C=O) groups is 1. The number of aryl methyl sites for hydroxylation is 1. The van der Waals surface area contributed by atoms with Crippen molar-refractivity contribution in [1.82, 2.24) is 4.98 Å². The number of alkyl halides is 3. The van der Waals surface area contributed by atoms with Crippen LogP contribution in [0.25, 0.3) is 0 Å². The summed E-state index contributed by atoms with van der Waals surface area (Å²) < 4.78 is 43.9. The van der Waals surface area contributed by atoms with Crippen molar-refractivity contribution < 1.29 is 22.7 Å². The number of halogens is 3. The van der Waals surface area contributed by atoms with Crippen LogP contribution in [0, 0.1) is 6.92 Å². The Morgan fingerprint density at radius 2 is 1.96 bits per heavy atom. The smallest absolute Gasteiger partial charge is 0.416 e. The van der Waals surface area contributed by atoms with Gasteiger partial charge in [-0.2, -0.15) is 13.2 Å². The minimum absolute atomic E-state index is 0.159. The fourth-order valence-corrected chi connectivity index (χ4v) is 3.39. The van der Waals surface area contributed by atoms with Gasteiger partial charge in [0.2, 0.25) is 0 Å². The molecule has 3 rings (SSSR count). The van der Waals surface area contributed by atoms with Crippen molar-refractivity contribution in [3.8, 4) is 5.75 Å². The van der Waals surface area contributed by atoms with Crippen LogP contribution in [0.1, 0.15) is 21.6 Å². The average molecular weight is 406 g/mol. The largest absolute Gasteiger partial charge is 0.483 e. The van der Waals surface area contributed by atoms with Crippen LogP contribution in [0.3, 0.4) is 0 Å². The molecule has 0 spiro atoms. The van der Waals surface area contributed by atoms with Gasteiger partial charge in [0.1, 0.15) is 5.75 Å². The zero-order chi connectivity index (χ0) is 20.1. The highest BCUT2D eigenvalue weighted by Gasteiger charge is 2.30. The standard InChI is InChI=1S/C20H17F3N2O2S/c1-13-5-2-3-8-17(13)27-12-18(26)25-19-24-11-16(28-19)10-14-6-4-7-15(9-14)20(21,22)23/h2-9,11H,10,12H2,1H3,(H,24,25,26). The summed E-state index contributed by atoms with van der Waals surface area (Å²) in [5.74, 6) is 0.269. The summed E-state index contributed by atoms with van der Waals surface area (Å²) in [6.45, 7) is 1.72. The van der Waals surface area contributed by atoms with Crippen molar-refractivity contribution in [2.45, 2.75) is 19.5 Å². The Kier molecular flexibility index (Phi) is 5.99. The third-order valence-corrected chi connectivity index (χ3v) is 4.80. The second-order valence-electron chi connectivity index (χ2n) is 6.11. The lowest BCUT2D eigenvalue weighted by Gasteiger charge is -2.08. The van der Waals surface area contributed by atoms with Crippen LogP contribution in [0.2, 0.25) is 0 Å². The van der Waals surface area contributed by atoms with Crippen LogP contribution in [0.15, 0.2) is 54.7 Å². The van der Waals surface area contributed by atoms with Crippen molar-refractivity contribution in [3.63, 3.8) is 0 Å². The molecule has 0 saturated carbocycles. The van der Waals surface area contributed by atoms with E-state index in [9.17, 15) is 18.0 Å². The van der Waals surface area contributed by atoms with Crippen molar-refractivity contribution in [2.75, 3.05) is 11.9 Å². The normalized spacial score (nSPS) is 11.3.